The van der Waals surface area contributed by atoms with E-state index in [1.165, 1.54) is 16.0 Å². The summed E-state index contributed by atoms with van der Waals surface area (Å²) in [7, 11) is 1.72. The van der Waals surface area contributed by atoms with E-state index >= 15 is 0 Å². The molecule has 7 nitrogen and oxygen atoms in total. The molecule has 1 aromatic carbocycles. The smallest absolute Gasteiger partial charge is 0.314 e. The highest BCUT2D eigenvalue weighted by Gasteiger charge is 2.15. The minimum absolute atomic E-state index is 0.200. The predicted octanol–water partition coefficient (Wildman–Crippen LogP) is 1.80. The minimum Gasteiger partial charge on any atom is -0.341 e. The van der Waals surface area contributed by atoms with Crippen molar-refractivity contribution in [3.63, 3.8) is 0 Å². The number of hydrogen-bond acceptors (Lipinski definition) is 5. The highest BCUT2D eigenvalue weighted by atomic mass is 32.1. The number of hydrogen-bond donors (Lipinski definition) is 2. The molecule has 0 saturated heterocycles. The van der Waals surface area contributed by atoms with Gasteiger partial charge < -0.3 is 10.6 Å². The van der Waals surface area contributed by atoms with Crippen molar-refractivity contribution in [1.82, 2.24) is 20.1 Å². The van der Waals surface area contributed by atoms with Crippen molar-refractivity contribution in [3.05, 3.63) is 53.0 Å². The summed E-state index contributed by atoms with van der Waals surface area (Å²) in [6.45, 7) is 0.200. The molecule has 24 heavy (non-hydrogen) atoms. The molecule has 0 unspecified atom stereocenters. The molecule has 0 saturated carbocycles. The molecule has 0 atom stereocenters. The number of aryl methyl sites for hydroxylation is 1. The third kappa shape index (κ3) is 3.85. The van der Waals surface area contributed by atoms with Crippen LogP contribution in [0.1, 0.15) is 5.01 Å². The highest BCUT2D eigenvalue weighted by molar-refractivity contribution is 7.09. The lowest BCUT2D eigenvalue weighted by molar-refractivity contribution is -0.136. The molecule has 3 rings (SSSR count). The van der Waals surface area contributed by atoms with E-state index in [4.69, 9.17) is 0 Å². The molecule has 2 amide bonds. The summed E-state index contributed by atoms with van der Waals surface area (Å²) >= 11 is 1.43. The number of nitrogens with zero attached hydrogens (tertiary/aromatic N) is 3. The van der Waals surface area contributed by atoms with E-state index in [-0.39, 0.29) is 6.54 Å². The van der Waals surface area contributed by atoms with Gasteiger partial charge >= 0.3 is 11.8 Å². The summed E-state index contributed by atoms with van der Waals surface area (Å²) in [6.07, 6.45) is 1.67. The Morgan fingerprint density at radius 3 is 2.67 bits per heavy atom. The Hall–Kier alpha value is -3.00. The summed E-state index contributed by atoms with van der Waals surface area (Å²) in [5.41, 5.74) is 1.86. The fraction of sp³-hybridized carbons (Fsp3) is 0.125. The van der Waals surface area contributed by atoms with Gasteiger partial charge in [0, 0.05) is 30.3 Å². The number of amides is 2. The van der Waals surface area contributed by atoms with Gasteiger partial charge in [-0.1, -0.05) is 30.3 Å². The van der Waals surface area contributed by atoms with E-state index in [1.54, 1.807) is 19.3 Å². The maximum absolute atomic E-state index is 11.8. The second kappa shape index (κ2) is 7.05. The number of carbonyl (C=O) groups is 2. The summed E-state index contributed by atoms with van der Waals surface area (Å²) < 4.78 is 1.54. The molecule has 122 valence electrons. The average Bonchev–Trinajstić information content (AvgIpc) is 3.22. The van der Waals surface area contributed by atoms with Crippen LogP contribution in [0.15, 0.2) is 48.0 Å². The zero-order valence-corrected chi connectivity index (χ0v) is 13.7. The maximum atomic E-state index is 11.8. The Bertz CT molecular complexity index is 856. The highest BCUT2D eigenvalue weighted by Crippen LogP contribution is 2.21. The van der Waals surface area contributed by atoms with Gasteiger partial charge in [0.25, 0.3) is 0 Å². The van der Waals surface area contributed by atoms with Crippen LogP contribution in [0.5, 0.6) is 0 Å². The van der Waals surface area contributed by atoms with Crippen LogP contribution in [-0.2, 0) is 23.2 Å². The lowest BCUT2D eigenvalue weighted by atomic mass is 10.2. The summed E-state index contributed by atoms with van der Waals surface area (Å²) in [4.78, 5) is 28.1. The lowest BCUT2D eigenvalue weighted by Gasteiger charge is -2.03. The molecule has 2 aromatic heterocycles. The molecule has 0 aliphatic heterocycles. The Kier molecular flexibility index (Phi) is 4.66. The molecule has 0 fully saturated rings. The van der Waals surface area contributed by atoms with Crippen molar-refractivity contribution in [2.24, 2.45) is 7.05 Å². The van der Waals surface area contributed by atoms with Crippen molar-refractivity contribution in [2.75, 3.05) is 5.32 Å². The van der Waals surface area contributed by atoms with Crippen molar-refractivity contribution in [2.45, 2.75) is 6.54 Å². The first kappa shape index (κ1) is 15.9. The number of rotatable bonds is 4. The minimum atomic E-state index is -0.756. The van der Waals surface area contributed by atoms with Crippen LogP contribution in [0.2, 0.25) is 0 Å². The van der Waals surface area contributed by atoms with E-state index < -0.39 is 11.8 Å². The SMILES string of the molecule is Cn1ccc(NC(=O)C(=O)NCc2nc(-c3ccccc3)cs2)n1. The van der Waals surface area contributed by atoms with Gasteiger partial charge in [-0.25, -0.2) is 4.98 Å². The van der Waals surface area contributed by atoms with Crippen LogP contribution in [0.25, 0.3) is 11.3 Å². The van der Waals surface area contributed by atoms with E-state index in [0.717, 1.165) is 16.3 Å². The summed E-state index contributed by atoms with van der Waals surface area (Å²) in [5.74, 6) is -1.15. The van der Waals surface area contributed by atoms with Crippen LogP contribution in [0.4, 0.5) is 5.82 Å². The fourth-order valence-electron chi connectivity index (χ4n) is 2.02. The molecule has 2 heterocycles. The third-order valence-electron chi connectivity index (χ3n) is 3.18. The van der Waals surface area contributed by atoms with Crippen LogP contribution in [-0.4, -0.2) is 26.6 Å². The first-order valence-electron chi connectivity index (χ1n) is 7.20. The van der Waals surface area contributed by atoms with Crippen molar-refractivity contribution >= 4 is 29.0 Å². The van der Waals surface area contributed by atoms with Gasteiger partial charge in [0.05, 0.1) is 12.2 Å². The van der Waals surface area contributed by atoms with Crippen LogP contribution in [0.3, 0.4) is 0 Å². The summed E-state index contributed by atoms with van der Waals surface area (Å²) in [5, 5.41) is 11.6. The molecule has 3 aromatic rings. The normalized spacial score (nSPS) is 10.4. The molecular formula is C16H15N5O2S. The van der Waals surface area contributed by atoms with Crippen LogP contribution >= 0.6 is 11.3 Å². The maximum Gasteiger partial charge on any atom is 0.314 e. The monoisotopic (exact) mass is 341 g/mol. The number of carbonyl (C=O) groups excluding carboxylic acids is 2. The number of aromatic nitrogens is 3. The lowest BCUT2D eigenvalue weighted by Crippen LogP contribution is -2.35. The number of thiazole rings is 1. The fourth-order valence-corrected chi connectivity index (χ4v) is 2.77. The topological polar surface area (TPSA) is 88.9 Å². The van der Waals surface area contributed by atoms with E-state index in [0.29, 0.717) is 5.82 Å². The molecule has 2 N–H and O–H groups in total. The Balaban J connectivity index is 1.55. The van der Waals surface area contributed by atoms with Crippen molar-refractivity contribution in [1.29, 1.82) is 0 Å². The molecule has 0 spiro atoms. The Labute approximate surface area is 142 Å². The van der Waals surface area contributed by atoms with Gasteiger partial charge in [0.1, 0.15) is 5.01 Å². The van der Waals surface area contributed by atoms with Gasteiger partial charge in [-0.05, 0) is 0 Å². The number of nitrogens with one attached hydrogen (secondary N) is 2. The van der Waals surface area contributed by atoms with Gasteiger partial charge in [0.15, 0.2) is 5.82 Å². The van der Waals surface area contributed by atoms with Gasteiger partial charge in [-0.3, -0.25) is 14.3 Å². The molecule has 8 heteroatoms. The first-order chi connectivity index (χ1) is 11.6. The molecule has 0 aliphatic rings. The predicted molar refractivity (Wildman–Crippen MR) is 91.2 cm³/mol. The van der Waals surface area contributed by atoms with Gasteiger partial charge in [-0.2, -0.15) is 5.10 Å². The van der Waals surface area contributed by atoms with Gasteiger partial charge in [-0.15, -0.1) is 11.3 Å². The quantitative estimate of drug-likeness (QED) is 0.708. The molecule has 0 radical (unpaired) electrons. The zero-order valence-electron chi connectivity index (χ0n) is 12.9. The van der Waals surface area contributed by atoms with E-state index in [9.17, 15) is 9.59 Å². The van der Waals surface area contributed by atoms with Crippen molar-refractivity contribution < 1.29 is 9.59 Å². The molecule has 0 aliphatic carbocycles. The second-order valence-corrected chi connectivity index (χ2v) is 5.95. The molecule has 0 bridgehead atoms. The Morgan fingerprint density at radius 2 is 1.96 bits per heavy atom. The molecular weight excluding hydrogens is 326 g/mol. The zero-order chi connectivity index (χ0) is 16.9. The second-order valence-electron chi connectivity index (χ2n) is 5.00. The van der Waals surface area contributed by atoms with Crippen LogP contribution in [0, 0.1) is 0 Å². The van der Waals surface area contributed by atoms with E-state index in [1.807, 2.05) is 35.7 Å². The number of anilines is 1. The largest absolute Gasteiger partial charge is 0.341 e. The van der Waals surface area contributed by atoms with E-state index in [2.05, 4.69) is 20.7 Å². The standard InChI is InChI=1S/C16H15N5O2S/c1-21-8-7-13(20-21)19-16(23)15(22)17-9-14-18-12(10-24-14)11-5-3-2-4-6-11/h2-8,10H,9H2,1H3,(H,17,22)(H,19,20,23). The number of benzene rings is 1. The van der Waals surface area contributed by atoms with Crippen molar-refractivity contribution in [3.8, 4) is 11.3 Å². The first-order valence-corrected chi connectivity index (χ1v) is 8.08. The summed E-state index contributed by atoms with van der Waals surface area (Å²) in [6, 6.07) is 11.4. The van der Waals surface area contributed by atoms with Crippen LogP contribution < -0.4 is 10.6 Å². The Morgan fingerprint density at radius 1 is 1.17 bits per heavy atom. The average molecular weight is 341 g/mol. The third-order valence-corrected chi connectivity index (χ3v) is 4.03. The van der Waals surface area contributed by atoms with Gasteiger partial charge in [0.2, 0.25) is 0 Å².